The van der Waals surface area contributed by atoms with Crippen LogP contribution in [0.2, 0.25) is 0 Å². The first-order chi connectivity index (χ1) is 13.9. The van der Waals surface area contributed by atoms with Crippen molar-refractivity contribution in [1.82, 2.24) is 19.5 Å². The topological polar surface area (TPSA) is 131 Å². The third-order valence-electron chi connectivity index (χ3n) is 6.40. The zero-order valence-corrected chi connectivity index (χ0v) is 17.0. The number of nitrogens with one attached hydrogen (secondary N) is 1. The normalized spacial score (nSPS) is 23.9. The SMILES string of the molecule is CC1CCC(Cn2cnc3nc(/C(N)=N/C(=O)O)nc(N[C@H](C)C4CCC4)c32)C1. The largest absolute Gasteiger partial charge is 0.463 e. The molecule has 9 nitrogen and oxygen atoms in total. The van der Waals surface area contributed by atoms with Crippen LogP contribution in [0.5, 0.6) is 0 Å². The average Bonchev–Trinajstić information content (AvgIpc) is 3.19. The summed E-state index contributed by atoms with van der Waals surface area (Å²) < 4.78 is 2.13. The Bertz CT molecular complexity index is 934. The van der Waals surface area contributed by atoms with Gasteiger partial charge in [-0.05, 0) is 50.4 Å². The maximum Gasteiger partial charge on any atom is 0.433 e. The Kier molecular flexibility index (Phi) is 5.38. The van der Waals surface area contributed by atoms with Crippen molar-refractivity contribution >= 4 is 28.9 Å². The summed E-state index contributed by atoms with van der Waals surface area (Å²) in [6.45, 7) is 5.35. The van der Waals surface area contributed by atoms with Crippen LogP contribution in [-0.4, -0.2) is 42.6 Å². The van der Waals surface area contributed by atoms with Crippen molar-refractivity contribution < 1.29 is 9.90 Å². The molecule has 4 N–H and O–H groups in total. The predicted molar refractivity (Wildman–Crippen MR) is 111 cm³/mol. The Labute approximate surface area is 169 Å². The van der Waals surface area contributed by atoms with Crippen LogP contribution in [0.1, 0.15) is 58.2 Å². The van der Waals surface area contributed by atoms with Crippen LogP contribution in [0.15, 0.2) is 11.3 Å². The van der Waals surface area contributed by atoms with Gasteiger partial charge in [-0.3, -0.25) is 0 Å². The van der Waals surface area contributed by atoms with Crippen LogP contribution < -0.4 is 11.1 Å². The number of imidazole rings is 1. The number of carbonyl (C=O) groups is 1. The fourth-order valence-corrected chi connectivity index (χ4v) is 4.53. The maximum atomic E-state index is 10.9. The highest BCUT2D eigenvalue weighted by molar-refractivity contribution is 6.01. The van der Waals surface area contributed by atoms with Gasteiger partial charge in [0.05, 0.1) is 6.33 Å². The Balaban J connectivity index is 1.71. The van der Waals surface area contributed by atoms with Crippen LogP contribution in [0.25, 0.3) is 11.2 Å². The molecule has 0 bridgehead atoms. The third kappa shape index (κ3) is 4.18. The van der Waals surface area contributed by atoms with Gasteiger partial charge in [0, 0.05) is 12.6 Å². The van der Waals surface area contributed by atoms with Crippen molar-refractivity contribution in [2.24, 2.45) is 28.5 Å². The summed E-state index contributed by atoms with van der Waals surface area (Å²) in [4.78, 5) is 27.7. The molecular formula is C20H29N7O2. The van der Waals surface area contributed by atoms with E-state index < -0.39 is 6.09 Å². The molecule has 3 atom stereocenters. The number of carboxylic acid groups (broad SMARTS) is 1. The lowest BCUT2D eigenvalue weighted by Gasteiger charge is -2.32. The molecule has 29 heavy (non-hydrogen) atoms. The number of aromatic nitrogens is 4. The molecule has 0 spiro atoms. The van der Waals surface area contributed by atoms with Gasteiger partial charge in [-0.25, -0.2) is 19.7 Å². The van der Waals surface area contributed by atoms with E-state index in [0.717, 1.165) is 18.0 Å². The van der Waals surface area contributed by atoms with Crippen molar-refractivity contribution in [3.8, 4) is 0 Å². The summed E-state index contributed by atoms with van der Waals surface area (Å²) in [6.07, 6.45) is 7.81. The van der Waals surface area contributed by atoms with Gasteiger partial charge in [0.2, 0.25) is 0 Å². The fraction of sp³-hybridized carbons (Fsp3) is 0.650. The molecule has 2 aliphatic carbocycles. The molecule has 2 unspecified atom stereocenters. The molecule has 1 amide bonds. The molecule has 156 valence electrons. The molecule has 0 aliphatic heterocycles. The van der Waals surface area contributed by atoms with Gasteiger partial charge < -0.3 is 20.7 Å². The molecule has 2 fully saturated rings. The molecule has 2 saturated carbocycles. The summed E-state index contributed by atoms with van der Waals surface area (Å²) in [5, 5.41) is 12.4. The first kappa shape index (κ1) is 19.6. The first-order valence-electron chi connectivity index (χ1n) is 10.5. The molecule has 2 aromatic heterocycles. The van der Waals surface area contributed by atoms with Crippen LogP contribution in [0.3, 0.4) is 0 Å². The molecule has 4 rings (SSSR count). The van der Waals surface area contributed by atoms with Gasteiger partial charge in [0.15, 0.2) is 23.1 Å². The van der Waals surface area contributed by atoms with E-state index in [2.05, 4.69) is 43.7 Å². The van der Waals surface area contributed by atoms with Crippen LogP contribution in [0, 0.1) is 17.8 Å². The highest BCUT2D eigenvalue weighted by Crippen LogP contribution is 2.34. The van der Waals surface area contributed by atoms with E-state index in [9.17, 15) is 4.79 Å². The summed E-state index contributed by atoms with van der Waals surface area (Å²) >= 11 is 0. The lowest BCUT2D eigenvalue weighted by molar-refractivity contribution is 0.205. The average molecular weight is 399 g/mol. The lowest BCUT2D eigenvalue weighted by Crippen LogP contribution is -2.32. The monoisotopic (exact) mass is 399 g/mol. The van der Waals surface area contributed by atoms with E-state index in [-0.39, 0.29) is 17.7 Å². The van der Waals surface area contributed by atoms with Crippen molar-refractivity contribution in [3.63, 3.8) is 0 Å². The van der Waals surface area contributed by atoms with Gasteiger partial charge in [0.25, 0.3) is 0 Å². The molecule has 0 aromatic carbocycles. The number of rotatable bonds is 6. The van der Waals surface area contributed by atoms with Gasteiger partial charge in [-0.1, -0.05) is 19.8 Å². The number of fused-ring (bicyclic) bond motifs is 1. The molecule has 0 saturated heterocycles. The molecule has 9 heteroatoms. The smallest absolute Gasteiger partial charge is 0.433 e. The lowest BCUT2D eigenvalue weighted by atomic mass is 9.80. The minimum absolute atomic E-state index is 0.0861. The first-order valence-corrected chi connectivity index (χ1v) is 10.5. The molecule has 2 aromatic rings. The quantitative estimate of drug-likeness (QED) is 0.502. The number of hydrogen-bond donors (Lipinski definition) is 3. The number of aliphatic imine (C=N–C) groups is 1. The molecule has 2 heterocycles. The Morgan fingerprint density at radius 2 is 2.17 bits per heavy atom. The number of hydrogen-bond acceptors (Lipinski definition) is 5. The fourth-order valence-electron chi connectivity index (χ4n) is 4.53. The summed E-state index contributed by atoms with van der Waals surface area (Å²) in [6, 6.07) is 0.252. The highest BCUT2D eigenvalue weighted by atomic mass is 16.4. The van der Waals surface area contributed by atoms with Crippen molar-refractivity contribution in [3.05, 3.63) is 12.2 Å². The van der Waals surface area contributed by atoms with E-state index in [4.69, 9.17) is 10.8 Å². The summed E-state index contributed by atoms with van der Waals surface area (Å²) in [7, 11) is 0. The van der Waals surface area contributed by atoms with Crippen LogP contribution in [-0.2, 0) is 6.54 Å². The number of amides is 1. The zero-order chi connectivity index (χ0) is 20.5. The maximum absolute atomic E-state index is 10.9. The number of amidine groups is 1. The Morgan fingerprint density at radius 1 is 1.38 bits per heavy atom. The number of nitrogens with two attached hydrogens (primary N) is 1. The van der Waals surface area contributed by atoms with Crippen LogP contribution in [0.4, 0.5) is 10.6 Å². The van der Waals surface area contributed by atoms with Gasteiger partial charge in [-0.2, -0.15) is 4.99 Å². The van der Waals surface area contributed by atoms with E-state index in [1.54, 1.807) is 6.33 Å². The van der Waals surface area contributed by atoms with Crippen molar-refractivity contribution in [2.75, 3.05) is 5.32 Å². The molecule has 2 aliphatic rings. The highest BCUT2D eigenvalue weighted by Gasteiger charge is 2.27. The summed E-state index contributed by atoms with van der Waals surface area (Å²) in [5.41, 5.74) is 7.18. The minimum atomic E-state index is -1.37. The summed E-state index contributed by atoms with van der Waals surface area (Å²) in [5.74, 6) is 2.51. The number of anilines is 1. The predicted octanol–water partition coefficient (Wildman–Crippen LogP) is 3.25. The Hall–Kier alpha value is -2.71. The standard InChI is InChI=1S/C20H29N7O2/c1-11-6-7-13(8-11)9-27-10-22-17-15(27)18(23-12(2)14-4-3-5-14)26-19(25-17)16(21)24-20(28)29/h10-14H,3-9H2,1-2H3,(H2,21,24)(H,28,29)(H,23,25,26)/t11?,12-,13?/m1/s1. The second-order valence-electron chi connectivity index (χ2n) is 8.65. The third-order valence-corrected chi connectivity index (χ3v) is 6.40. The van der Waals surface area contributed by atoms with E-state index in [1.807, 2.05) is 0 Å². The van der Waals surface area contributed by atoms with Gasteiger partial charge >= 0.3 is 6.09 Å². The second kappa shape index (κ2) is 7.96. The molecule has 0 radical (unpaired) electrons. The Morgan fingerprint density at radius 3 is 2.79 bits per heavy atom. The van der Waals surface area contributed by atoms with E-state index >= 15 is 0 Å². The van der Waals surface area contributed by atoms with Crippen LogP contribution >= 0.6 is 0 Å². The van der Waals surface area contributed by atoms with Crippen molar-refractivity contribution in [1.29, 1.82) is 0 Å². The number of nitrogens with zero attached hydrogens (tertiary/aromatic N) is 5. The van der Waals surface area contributed by atoms with E-state index in [0.29, 0.717) is 23.3 Å². The zero-order valence-electron chi connectivity index (χ0n) is 17.0. The minimum Gasteiger partial charge on any atom is -0.463 e. The van der Waals surface area contributed by atoms with E-state index in [1.165, 1.54) is 38.5 Å². The second-order valence-corrected chi connectivity index (χ2v) is 8.65. The van der Waals surface area contributed by atoms with Gasteiger partial charge in [0.1, 0.15) is 5.52 Å². The molecular weight excluding hydrogens is 370 g/mol. The van der Waals surface area contributed by atoms with Gasteiger partial charge in [-0.15, -0.1) is 0 Å². The van der Waals surface area contributed by atoms with Crippen molar-refractivity contribution in [2.45, 2.75) is 65.0 Å².